The van der Waals surface area contributed by atoms with Crippen molar-refractivity contribution in [3.8, 4) is 0 Å². The van der Waals surface area contributed by atoms with Crippen LogP contribution in [0.5, 0.6) is 0 Å². The van der Waals surface area contributed by atoms with Crippen LogP contribution in [0, 0.1) is 53.3 Å². The summed E-state index contributed by atoms with van der Waals surface area (Å²) in [5, 5.41) is 0. The van der Waals surface area contributed by atoms with Crippen molar-refractivity contribution in [2.45, 2.75) is 243 Å². The van der Waals surface area contributed by atoms with Gasteiger partial charge in [0.25, 0.3) is 0 Å². The first kappa shape index (κ1) is 46.0. The predicted octanol–water partition coefficient (Wildman–Crippen LogP) is 16.9. The lowest BCUT2D eigenvalue weighted by molar-refractivity contribution is 0.322. The zero-order chi connectivity index (χ0) is 34.6. The van der Waals surface area contributed by atoms with Gasteiger partial charge in [-0.25, -0.2) is 0 Å². The summed E-state index contributed by atoms with van der Waals surface area (Å²) in [7, 11) is 0. The number of hydrogen-bond donors (Lipinski definition) is 0. The molecule has 0 aromatic heterocycles. The van der Waals surface area contributed by atoms with Crippen LogP contribution in [-0.2, 0) is 0 Å². The van der Waals surface area contributed by atoms with Crippen molar-refractivity contribution in [2.24, 2.45) is 53.3 Å². The Balaban J connectivity index is 3.82. The fourth-order valence-corrected chi connectivity index (χ4v) is 7.98. The largest absolute Gasteiger partial charge is 0.0651 e. The smallest absolute Gasteiger partial charge is 0.0417 e. The Morgan fingerprint density at radius 2 is 0.457 bits per heavy atom. The number of unbranched alkanes of at least 4 members (excludes halogenated alkanes) is 3. The zero-order valence-electron chi connectivity index (χ0n) is 34.6. The fraction of sp³-hybridized carbons (Fsp3) is 1.00. The maximum absolute atomic E-state index is 2.54. The lowest BCUT2D eigenvalue weighted by atomic mass is 9.85. The average molecular weight is 647 g/mol. The summed E-state index contributed by atoms with van der Waals surface area (Å²) < 4.78 is 0. The second-order valence-corrected chi connectivity index (χ2v) is 18.5. The molecule has 0 aromatic carbocycles. The third-order valence-electron chi connectivity index (χ3n) is 12.0. The summed E-state index contributed by atoms with van der Waals surface area (Å²) in [6, 6.07) is 0. The average Bonchev–Trinajstić information content (AvgIpc) is 2.99. The lowest BCUT2D eigenvalue weighted by Gasteiger charge is -2.20. The zero-order valence-corrected chi connectivity index (χ0v) is 34.6. The molecule has 0 aliphatic rings. The van der Waals surface area contributed by atoms with E-state index in [0.717, 1.165) is 53.3 Å². The minimum atomic E-state index is 0.877. The molecule has 0 saturated heterocycles. The summed E-state index contributed by atoms with van der Waals surface area (Å²) in [5.74, 6) is 8.30. The van der Waals surface area contributed by atoms with Gasteiger partial charge in [-0.3, -0.25) is 0 Å². The van der Waals surface area contributed by atoms with Gasteiger partial charge in [-0.1, -0.05) is 243 Å². The van der Waals surface area contributed by atoms with Crippen LogP contribution < -0.4 is 0 Å². The molecular formula is C46H94. The van der Waals surface area contributed by atoms with Gasteiger partial charge in [-0.2, -0.15) is 0 Å². The van der Waals surface area contributed by atoms with Crippen LogP contribution in [0.4, 0.5) is 0 Å². The van der Waals surface area contributed by atoms with Gasteiger partial charge in [0.05, 0.1) is 0 Å². The second-order valence-electron chi connectivity index (χ2n) is 18.5. The highest BCUT2D eigenvalue weighted by Crippen LogP contribution is 2.28. The molecule has 0 rings (SSSR count). The van der Waals surface area contributed by atoms with Crippen molar-refractivity contribution >= 4 is 0 Å². The lowest BCUT2D eigenvalue weighted by Crippen LogP contribution is -2.06. The van der Waals surface area contributed by atoms with Gasteiger partial charge >= 0.3 is 0 Å². The molecule has 7 unspecified atom stereocenters. The van der Waals surface area contributed by atoms with E-state index in [2.05, 4.69) is 76.2 Å². The van der Waals surface area contributed by atoms with Gasteiger partial charge in [0.15, 0.2) is 0 Å². The molecule has 0 heteroatoms. The molecule has 0 bridgehead atoms. The van der Waals surface area contributed by atoms with Crippen LogP contribution in [0.1, 0.15) is 243 Å². The maximum Gasteiger partial charge on any atom is -0.0417 e. The van der Waals surface area contributed by atoms with Gasteiger partial charge in [0.2, 0.25) is 0 Å². The quantitative estimate of drug-likeness (QED) is 0.0610. The first-order chi connectivity index (χ1) is 21.9. The third-order valence-corrected chi connectivity index (χ3v) is 12.0. The van der Waals surface area contributed by atoms with Crippen LogP contribution in [0.25, 0.3) is 0 Å². The van der Waals surface area contributed by atoms with E-state index < -0.39 is 0 Å². The molecule has 0 aliphatic carbocycles. The third kappa shape index (κ3) is 31.3. The van der Waals surface area contributed by atoms with E-state index in [-0.39, 0.29) is 0 Å². The standard InChI is InChI=1S/C46H94/c1-12-46(37-35-45(11)33-21-32-43(9)31-20-30-41(7)25-16-14-23-39(4)5)36-34-44(10)27-18-17-26-42(8)29-19-28-40(6)24-15-13-22-38(2)3/h38-46H,12-37H2,1-11H3. The van der Waals surface area contributed by atoms with Crippen molar-refractivity contribution in [1.82, 2.24) is 0 Å². The van der Waals surface area contributed by atoms with Gasteiger partial charge in [0, 0.05) is 0 Å². The molecular weight excluding hydrogens is 553 g/mol. The highest BCUT2D eigenvalue weighted by atomic mass is 14.2. The SMILES string of the molecule is CCC(CCC(C)CCCCC(C)CCCC(C)CCCCC(C)C)CCC(C)CCCC(C)CCCC(C)CCCCC(C)C. The van der Waals surface area contributed by atoms with Crippen LogP contribution in [0.2, 0.25) is 0 Å². The van der Waals surface area contributed by atoms with E-state index in [1.807, 2.05) is 0 Å². The summed E-state index contributed by atoms with van der Waals surface area (Å²) in [6.45, 7) is 27.0. The Labute approximate surface area is 295 Å². The molecule has 0 fully saturated rings. The minimum absolute atomic E-state index is 0.877. The molecule has 0 spiro atoms. The Morgan fingerprint density at radius 1 is 0.239 bits per heavy atom. The predicted molar refractivity (Wildman–Crippen MR) is 214 cm³/mol. The van der Waals surface area contributed by atoms with Gasteiger partial charge in [-0.15, -0.1) is 0 Å². The normalized spacial score (nSPS) is 16.9. The Kier molecular flexibility index (Phi) is 31.0. The van der Waals surface area contributed by atoms with Crippen LogP contribution in [0.15, 0.2) is 0 Å². The molecule has 0 heterocycles. The van der Waals surface area contributed by atoms with Gasteiger partial charge < -0.3 is 0 Å². The van der Waals surface area contributed by atoms with E-state index in [1.54, 1.807) is 0 Å². The van der Waals surface area contributed by atoms with Crippen molar-refractivity contribution in [2.75, 3.05) is 0 Å². The van der Waals surface area contributed by atoms with Crippen LogP contribution in [0.3, 0.4) is 0 Å². The van der Waals surface area contributed by atoms with Crippen molar-refractivity contribution < 1.29 is 0 Å². The van der Waals surface area contributed by atoms with E-state index in [4.69, 9.17) is 0 Å². The minimum Gasteiger partial charge on any atom is -0.0651 e. The highest BCUT2D eigenvalue weighted by molar-refractivity contribution is 4.66. The van der Waals surface area contributed by atoms with Crippen molar-refractivity contribution in [3.63, 3.8) is 0 Å². The molecule has 0 N–H and O–H groups in total. The molecule has 0 amide bonds. The van der Waals surface area contributed by atoms with Gasteiger partial charge in [-0.05, 0) is 53.3 Å². The molecule has 0 nitrogen and oxygen atoms in total. The molecule has 278 valence electrons. The summed E-state index contributed by atoms with van der Waals surface area (Å²) >= 11 is 0. The number of hydrogen-bond acceptors (Lipinski definition) is 0. The van der Waals surface area contributed by atoms with Crippen LogP contribution in [-0.4, -0.2) is 0 Å². The van der Waals surface area contributed by atoms with E-state index in [0.29, 0.717) is 0 Å². The van der Waals surface area contributed by atoms with Gasteiger partial charge in [0.1, 0.15) is 0 Å². The Hall–Kier alpha value is 0. The van der Waals surface area contributed by atoms with Crippen molar-refractivity contribution in [1.29, 1.82) is 0 Å². The fourth-order valence-electron chi connectivity index (χ4n) is 7.98. The van der Waals surface area contributed by atoms with E-state index in [9.17, 15) is 0 Å². The summed E-state index contributed by atoms with van der Waals surface area (Å²) in [5.41, 5.74) is 0. The molecule has 0 aliphatic heterocycles. The first-order valence-electron chi connectivity index (χ1n) is 21.9. The Morgan fingerprint density at radius 3 is 0.696 bits per heavy atom. The Bertz CT molecular complexity index is 603. The molecule has 46 heavy (non-hydrogen) atoms. The molecule has 7 atom stereocenters. The highest BCUT2D eigenvalue weighted by Gasteiger charge is 2.13. The summed E-state index contributed by atoms with van der Waals surface area (Å²) in [4.78, 5) is 0. The maximum atomic E-state index is 2.54. The van der Waals surface area contributed by atoms with Crippen molar-refractivity contribution in [3.05, 3.63) is 0 Å². The first-order valence-corrected chi connectivity index (χ1v) is 21.9. The molecule has 0 radical (unpaired) electrons. The topological polar surface area (TPSA) is 0 Å². The summed E-state index contributed by atoms with van der Waals surface area (Å²) in [6.07, 6.45) is 37.7. The molecule has 0 saturated carbocycles. The second kappa shape index (κ2) is 31.0. The van der Waals surface area contributed by atoms with E-state index >= 15 is 0 Å². The monoisotopic (exact) mass is 647 g/mol. The molecule has 0 aromatic rings. The van der Waals surface area contributed by atoms with E-state index in [1.165, 1.54) is 167 Å². The number of rotatable bonds is 34. The van der Waals surface area contributed by atoms with Crippen LogP contribution >= 0.6 is 0 Å².